The number of nitrogens with one attached hydrogen (secondary N) is 1. The van der Waals surface area contributed by atoms with Gasteiger partial charge in [-0.1, -0.05) is 12.1 Å². The van der Waals surface area contributed by atoms with E-state index >= 15 is 0 Å². The van der Waals surface area contributed by atoms with Crippen LogP contribution in [0.4, 0.5) is 5.69 Å². The number of rotatable bonds is 4. The zero-order valence-electron chi connectivity index (χ0n) is 11.0. The summed E-state index contributed by atoms with van der Waals surface area (Å²) in [6.45, 7) is 0.562. The highest BCUT2D eigenvalue weighted by Crippen LogP contribution is 2.38. The molecule has 8 nitrogen and oxygen atoms in total. The number of nitrogens with two attached hydrogens (primary N) is 1. The van der Waals surface area contributed by atoms with Gasteiger partial charge in [0.05, 0.1) is 17.1 Å². The first-order chi connectivity index (χ1) is 9.92. The lowest BCUT2D eigenvalue weighted by Crippen LogP contribution is -2.68. The van der Waals surface area contributed by atoms with E-state index in [0.29, 0.717) is 6.61 Å². The minimum atomic E-state index is -4.02. The third kappa shape index (κ3) is 2.31. The van der Waals surface area contributed by atoms with Crippen LogP contribution in [-0.4, -0.2) is 38.1 Å². The Bertz CT molecular complexity index is 677. The fraction of sp³-hybridized carbons (Fsp3) is 0.500. The summed E-state index contributed by atoms with van der Waals surface area (Å²) in [6.07, 6.45) is 0.577. The van der Waals surface area contributed by atoms with Gasteiger partial charge in [0.15, 0.2) is 4.90 Å². The molecule has 3 rings (SSSR count). The molecular weight excluding hydrogens is 298 g/mol. The van der Waals surface area contributed by atoms with Crippen LogP contribution in [0.2, 0.25) is 0 Å². The van der Waals surface area contributed by atoms with Gasteiger partial charge in [0.25, 0.3) is 5.69 Å². The third-order valence-corrected chi connectivity index (χ3v) is 5.60. The molecule has 3 N–H and O–H groups in total. The number of nitro groups is 1. The zero-order chi connectivity index (χ0) is 15.2. The lowest BCUT2D eigenvalue weighted by atomic mass is 9.73. The van der Waals surface area contributed by atoms with Crippen LogP contribution in [-0.2, 0) is 14.8 Å². The summed E-state index contributed by atoms with van der Waals surface area (Å²) in [5.74, 6) is 0.156. The van der Waals surface area contributed by atoms with Crippen LogP contribution in [0.3, 0.4) is 0 Å². The SMILES string of the molecule is NC1C2CCOC2C1NS(=O)(=O)c1ccccc1[N+](=O)[O-]. The Morgan fingerprint density at radius 2 is 2.10 bits per heavy atom. The Kier molecular flexibility index (Phi) is 3.44. The number of para-hydroxylation sites is 1. The number of nitrogens with zero attached hydrogens (tertiary/aromatic N) is 1. The maximum atomic E-state index is 12.4. The van der Waals surface area contributed by atoms with E-state index in [-0.39, 0.29) is 23.0 Å². The summed E-state index contributed by atoms with van der Waals surface area (Å²) in [6, 6.07) is 4.36. The van der Waals surface area contributed by atoms with Gasteiger partial charge >= 0.3 is 0 Å². The number of fused-ring (bicyclic) bond motifs is 1. The van der Waals surface area contributed by atoms with E-state index in [2.05, 4.69) is 4.72 Å². The Labute approximate surface area is 121 Å². The molecule has 1 saturated carbocycles. The maximum Gasteiger partial charge on any atom is 0.289 e. The molecule has 1 aromatic carbocycles. The molecule has 114 valence electrons. The second-order valence-corrected chi connectivity index (χ2v) is 6.92. The number of nitro benzene ring substituents is 1. The molecule has 2 fully saturated rings. The van der Waals surface area contributed by atoms with Gasteiger partial charge in [-0.15, -0.1) is 0 Å². The Balaban J connectivity index is 1.87. The molecule has 4 atom stereocenters. The molecule has 0 aromatic heterocycles. The van der Waals surface area contributed by atoms with Gasteiger partial charge in [-0.2, -0.15) is 0 Å². The van der Waals surface area contributed by atoms with Crippen LogP contribution in [0.5, 0.6) is 0 Å². The Morgan fingerprint density at radius 3 is 2.81 bits per heavy atom. The molecule has 4 unspecified atom stereocenters. The van der Waals surface area contributed by atoms with Crippen LogP contribution in [0.15, 0.2) is 29.2 Å². The van der Waals surface area contributed by atoms with Gasteiger partial charge in [-0.05, 0) is 12.5 Å². The average Bonchev–Trinajstić information content (AvgIpc) is 2.90. The molecule has 1 saturated heterocycles. The van der Waals surface area contributed by atoms with E-state index in [4.69, 9.17) is 10.5 Å². The monoisotopic (exact) mass is 313 g/mol. The first-order valence-electron chi connectivity index (χ1n) is 6.55. The topological polar surface area (TPSA) is 125 Å². The van der Waals surface area contributed by atoms with Crippen molar-refractivity contribution in [2.75, 3.05) is 6.61 Å². The molecule has 1 aliphatic carbocycles. The maximum absolute atomic E-state index is 12.4. The molecule has 21 heavy (non-hydrogen) atoms. The summed E-state index contributed by atoms with van der Waals surface area (Å²) in [7, 11) is -4.02. The van der Waals surface area contributed by atoms with Crippen LogP contribution >= 0.6 is 0 Å². The summed E-state index contributed by atoms with van der Waals surface area (Å²) in [5.41, 5.74) is 5.49. The molecule has 0 spiro atoms. The predicted molar refractivity (Wildman–Crippen MR) is 73.0 cm³/mol. The molecule has 0 radical (unpaired) electrons. The predicted octanol–water partition coefficient (Wildman–Crippen LogP) is -0.0123. The first-order valence-corrected chi connectivity index (χ1v) is 8.03. The van der Waals surface area contributed by atoms with Crippen molar-refractivity contribution in [3.63, 3.8) is 0 Å². The number of benzene rings is 1. The van der Waals surface area contributed by atoms with Crippen molar-refractivity contribution < 1.29 is 18.1 Å². The van der Waals surface area contributed by atoms with E-state index in [9.17, 15) is 18.5 Å². The van der Waals surface area contributed by atoms with Crippen molar-refractivity contribution in [1.29, 1.82) is 0 Å². The number of sulfonamides is 1. The van der Waals surface area contributed by atoms with Crippen LogP contribution in [0, 0.1) is 16.0 Å². The quantitative estimate of drug-likeness (QED) is 0.595. The van der Waals surface area contributed by atoms with Gasteiger partial charge in [0.1, 0.15) is 0 Å². The lowest BCUT2D eigenvalue weighted by Gasteiger charge is -2.45. The normalized spacial score (nSPS) is 31.5. The van der Waals surface area contributed by atoms with E-state index in [1.165, 1.54) is 18.2 Å². The minimum absolute atomic E-state index is 0.156. The second kappa shape index (κ2) is 5.02. The minimum Gasteiger partial charge on any atom is -0.376 e. The van der Waals surface area contributed by atoms with Crippen molar-refractivity contribution >= 4 is 15.7 Å². The molecule has 0 amide bonds. The van der Waals surface area contributed by atoms with Crippen LogP contribution < -0.4 is 10.5 Å². The van der Waals surface area contributed by atoms with Crippen LogP contribution in [0.1, 0.15) is 6.42 Å². The van der Waals surface area contributed by atoms with Gasteiger partial charge in [0, 0.05) is 24.6 Å². The second-order valence-electron chi connectivity index (χ2n) is 5.24. The fourth-order valence-electron chi connectivity index (χ4n) is 2.97. The van der Waals surface area contributed by atoms with Crippen molar-refractivity contribution in [1.82, 2.24) is 4.72 Å². The molecule has 9 heteroatoms. The van der Waals surface area contributed by atoms with E-state index in [1.807, 2.05) is 0 Å². The summed E-state index contributed by atoms with van der Waals surface area (Å²) in [5, 5.41) is 10.9. The summed E-state index contributed by atoms with van der Waals surface area (Å²) in [4.78, 5) is 9.87. The van der Waals surface area contributed by atoms with Crippen molar-refractivity contribution in [2.24, 2.45) is 11.7 Å². The largest absolute Gasteiger partial charge is 0.376 e. The highest BCUT2D eigenvalue weighted by atomic mass is 32.2. The van der Waals surface area contributed by atoms with E-state index < -0.39 is 26.7 Å². The molecule has 1 aliphatic heterocycles. The van der Waals surface area contributed by atoms with Gasteiger partial charge in [-0.25, -0.2) is 13.1 Å². The van der Waals surface area contributed by atoms with Crippen molar-refractivity contribution in [2.45, 2.75) is 29.5 Å². The summed E-state index contributed by atoms with van der Waals surface area (Å²) >= 11 is 0. The number of hydrogen-bond acceptors (Lipinski definition) is 6. The van der Waals surface area contributed by atoms with E-state index in [1.54, 1.807) is 0 Å². The molecule has 1 heterocycles. The van der Waals surface area contributed by atoms with Gasteiger partial charge < -0.3 is 10.5 Å². The average molecular weight is 313 g/mol. The molecule has 1 aromatic rings. The van der Waals surface area contributed by atoms with E-state index in [0.717, 1.165) is 12.5 Å². The first kappa shape index (κ1) is 14.4. The number of ether oxygens (including phenoxy) is 1. The highest BCUT2D eigenvalue weighted by Gasteiger charge is 2.53. The third-order valence-electron chi connectivity index (χ3n) is 4.09. The van der Waals surface area contributed by atoms with Crippen molar-refractivity contribution in [3.8, 4) is 0 Å². The molecule has 0 bridgehead atoms. The molecule has 2 aliphatic rings. The zero-order valence-corrected chi connectivity index (χ0v) is 11.8. The standard InChI is InChI=1S/C12H15N3O5S/c13-10-7-5-6-20-12(7)11(10)14-21(18,19)9-4-2-1-3-8(9)15(16)17/h1-4,7,10-12,14H,5-6,13H2. The highest BCUT2D eigenvalue weighted by molar-refractivity contribution is 7.89. The fourth-order valence-corrected chi connectivity index (χ4v) is 4.43. The summed E-state index contributed by atoms with van der Waals surface area (Å²) < 4.78 is 32.6. The van der Waals surface area contributed by atoms with Gasteiger partial charge in [-0.3, -0.25) is 10.1 Å². The lowest BCUT2D eigenvalue weighted by molar-refractivity contribution is -0.387. The molecular formula is C12H15N3O5S. The van der Waals surface area contributed by atoms with Gasteiger partial charge in [0.2, 0.25) is 10.0 Å². The van der Waals surface area contributed by atoms with Crippen molar-refractivity contribution in [3.05, 3.63) is 34.4 Å². The Morgan fingerprint density at radius 1 is 1.38 bits per heavy atom. The number of hydrogen-bond donors (Lipinski definition) is 2. The Hall–Kier alpha value is -1.55. The van der Waals surface area contributed by atoms with Crippen LogP contribution in [0.25, 0.3) is 0 Å². The smallest absolute Gasteiger partial charge is 0.289 e.